The molecule has 8 heteroatoms. The fraction of sp³-hybridized carbons (Fsp3) is 0.619. The Morgan fingerprint density at radius 1 is 1.07 bits per heavy atom. The van der Waals surface area contributed by atoms with Crippen LogP contribution in [0.15, 0.2) is 29.2 Å². The summed E-state index contributed by atoms with van der Waals surface area (Å²) in [5.74, 6) is -0.863. The van der Waals surface area contributed by atoms with E-state index in [0.29, 0.717) is 38.8 Å². The smallest absolute Gasteiger partial charge is 0.331 e. The van der Waals surface area contributed by atoms with Crippen LogP contribution >= 0.6 is 0 Å². The van der Waals surface area contributed by atoms with Crippen LogP contribution in [-0.4, -0.2) is 50.3 Å². The Labute approximate surface area is 172 Å². The average Bonchev–Trinajstić information content (AvgIpc) is 2.74. The lowest BCUT2D eigenvalue weighted by Gasteiger charge is -2.37. The van der Waals surface area contributed by atoms with Crippen molar-refractivity contribution in [1.82, 2.24) is 9.62 Å². The molecule has 1 saturated carbocycles. The van der Waals surface area contributed by atoms with Crippen molar-refractivity contribution >= 4 is 21.9 Å². The van der Waals surface area contributed by atoms with Gasteiger partial charge in [-0.2, -0.15) is 4.31 Å². The fourth-order valence-electron chi connectivity index (χ4n) is 4.29. The summed E-state index contributed by atoms with van der Waals surface area (Å²) in [5, 5.41) is 2.96. The van der Waals surface area contributed by atoms with E-state index in [-0.39, 0.29) is 22.7 Å². The van der Waals surface area contributed by atoms with E-state index in [1.165, 1.54) is 11.4 Å². The highest BCUT2D eigenvalue weighted by Gasteiger charge is 2.43. The van der Waals surface area contributed by atoms with Crippen molar-refractivity contribution < 1.29 is 22.7 Å². The molecule has 0 unspecified atom stereocenters. The second-order valence-electron chi connectivity index (χ2n) is 8.12. The van der Waals surface area contributed by atoms with E-state index in [1.807, 2.05) is 6.92 Å². The number of hydrogen-bond donors (Lipinski definition) is 1. The van der Waals surface area contributed by atoms with Crippen LogP contribution in [0, 0.1) is 12.8 Å². The molecule has 2 fully saturated rings. The number of carbonyl (C=O) groups is 2. The van der Waals surface area contributed by atoms with Crippen molar-refractivity contribution in [3.63, 3.8) is 0 Å². The van der Waals surface area contributed by atoms with Gasteiger partial charge in [0.05, 0.1) is 12.0 Å². The van der Waals surface area contributed by atoms with E-state index in [0.717, 1.165) is 24.8 Å². The number of piperidine rings is 1. The Kier molecular flexibility index (Phi) is 6.63. The molecule has 1 aromatic carbocycles. The summed E-state index contributed by atoms with van der Waals surface area (Å²) < 4.78 is 32.1. The number of rotatable bonds is 5. The van der Waals surface area contributed by atoms with Crippen LogP contribution in [0.4, 0.5) is 0 Å². The maximum atomic E-state index is 12.9. The maximum absolute atomic E-state index is 12.9. The molecule has 1 aromatic rings. The molecule has 0 spiro atoms. The van der Waals surface area contributed by atoms with Gasteiger partial charge in [-0.3, -0.25) is 4.79 Å². The Morgan fingerprint density at radius 2 is 1.66 bits per heavy atom. The first-order valence-corrected chi connectivity index (χ1v) is 11.7. The lowest BCUT2D eigenvalue weighted by atomic mass is 9.81. The number of nitrogens with zero attached hydrogens (tertiary/aromatic N) is 1. The molecule has 160 valence electrons. The highest BCUT2D eigenvalue weighted by atomic mass is 32.2. The van der Waals surface area contributed by atoms with Gasteiger partial charge in [-0.25, -0.2) is 13.2 Å². The van der Waals surface area contributed by atoms with Gasteiger partial charge in [0.25, 0.3) is 0 Å². The number of ether oxygens (including phenoxy) is 1. The third-order valence-corrected chi connectivity index (χ3v) is 8.04. The first-order chi connectivity index (χ1) is 13.8. The van der Waals surface area contributed by atoms with Crippen molar-refractivity contribution in [3.05, 3.63) is 29.8 Å². The van der Waals surface area contributed by atoms with Crippen LogP contribution < -0.4 is 5.32 Å². The van der Waals surface area contributed by atoms with Crippen molar-refractivity contribution in [1.29, 1.82) is 0 Å². The molecule has 1 N–H and O–H groups in total. The molecule has 1 saturated heterocycles. The molecule has 1 heterocycles. The van der Waals surface area contributed by atoms with E-state index < -0.39 is 15.6 Å². The van der Waals surface area contributed by atoms with E-state index in [1.54, 1.807) is 24.3 Å². The zero-order valence-electron chi connectivity index (χ0n) is 17.1. The van der Waals surface area contributed by atoms with E-state index >= 15 is 0 Å². The van der Waals surface area contributed by atoms with Gasteiger partial charge in [0.2, 0.25) is 15.9 Å². The summed E-state index contributed by atoms with van der Waals surface area (Å²) in [4.78, 5) is 25.5. The van der Waals surface area contributed by atoms with Gasteiger partial charge in [0.1, 0.15) is 5.54 Å². The van der Waals surface area contributed by atoms with Gasteiger partial charge in [-0.1, -0.05) is 37.0 Å². The zero-order chi connectivity index (χ0) is 21.1. The Hall–Kier alpha value is -1.93. The maximum Gasteiger partial charge on any atom is 0.331 e. The van der Waals surface area contributed by atoms with E-state index in [9.17, 15) is 18.0 Å². The lowest BCUT2D eigenvalue weighted by Crippen LogP contribution is -2.58. The van der Waals surface area contributed by atoms with Gasteiger partial charge >= 0.3 is 5.97 Å². The summed E-state index contributed by atoms with van der Waals surface area (Å²) >= 11 is 0. The molecule has 0 atom stereocenters. The highest BCUT2D eigenvalue weighted by Crippen LogP contribution is 2.31. The number of sulfonamides is 1. The molecule has 29 heavy (non-hydrogen) atoms. The fourth-order valence-corrected chi connectivity index (χ4v) is 5.76. The van der Waals surface area contributed by atoms with Gasteiger partial charge in [0.15, 0.2) is 0 Å². The van der Waals surface area contributed by atoms with Gasteiger partial charge < -0.3 is 10.1 Å². The quantitative estimate of drug-likeness (QED) is 0.736. The summed E-state index contributed by atoms with van der Waals surface area (Å²) in [6, 6.07) is 6.80. The third kappa shape index (κ3) is 4.64. The molecule has 1 aliphatic heterocycles. The minimum Gasteiger partial charge on any atom is -0.467 e. The molecule has 0 radical (unpaired) electrons. The number of methoxy groups -OCH3 is 1. The summed E-state index contributed by atoms with van der Waals surface area (Å²) in [7, 11) is -2.21. The molecule has 0 bridgehead atoms. The lowest BCUT2D eigenvalue weighted by molar-refractivity contribution is -0.153. The molecule has 7 nitrogen and oxygen atoms in total. The highest BCUT2D eigenvalue weighted by molar-refractivity contribution is 7.89. The molecule has 2 aliphatic rings. The van der Waals surface area contributed by atoms with Gasteiger partial charge in [-0.15, -0.1) is 0 Å². The Balaban J connectivity index is 1.63. The van der Waals surface area contributed by atoms with Crippen molar-refractivity contribution in [2.24, 2.45) is 5.92 Å². The van der Waals surface area contributed by atoms with E-state index in [2.05, 4.69) is 5.32 Å². The number of esters is 1. The predicted molar refractivity (Wildman–Crippen MR) is 109 cm³/mol. The van der Waals surface area contributed by atoms with Crippen LogP contribution in [0.3, 0.4) is 0 Å². The standard InChI is InChI=1S/C21H30N2O5S/c1-16-6-8-18(9-7-16)29(26,27)23-14-10-17(11-15-23)19(24)22-21(20(25)28-2)12-4-3-5-13-21/h6-9,17H,3-5,10-15H2,1-2H3,(H,22,24). The summed E-state index contributed by atoms with van der Waals surface area (Å²) in [5.41, 5.74) is 0.0661. The molecule has 3 rings (SSSR count). The van der Waals surface area contributed by atoms with Crippen molar-refractivity contribution in [2.75, 3.05) is 20.2 Å². The first-order valence-electron chi connectivity index (χ1n) is 10.3. The van der Waals surface area contributed by atoms with Gasteiger partial charge in [0, 0.05) is 19.0 Å². The number of carbonyl (C=O) groups excluding carboxylic acids is 2. The zero-order valence-corrected chi connectivity index (χ0v) is 18.0. The normalized spacial score (nSPS) is 20.8. The first kappa shape index (κ1) is 21.8. The van der Waals surface area contributed by atoms with Crippen LogP contribution in [0.1, 0.15) is 50.5 Å². The monoisotopic (exact) mass is 422 g/mol. The van der Waals surface area contributed by atoms with Crippen molar-refractivity contribution in [3.8, 4) is 0 Å². The summed E-state index contributed by atoms with van der Waals surface area (Å²) in [6.45, 7) is 2.49. The van der Waals surface area contributed by atoms with Crippen LogP contribution in [0.25, 0.3) is 0 Å². The average molecular weight is 423 g/mol. The SMILES string of the molecule is COC(=O)C1(NC(=O)C2CCN(S(=O)(=O)c3ccc(C)cc3)CC2)CCCCC1. The number of hydrogen-bond acceptors (Lipinski definition) is 5. The largest absolute Gasteiger partial charge is 0.467 e. The minimum absolute atomic E-state index is 0.176. The van der Waals surface area contributed by atoms with Gasteiger partial charge in [-0.05, 0) is 44.7 Å². The Bertz CT molecular complexity index is 836. The molecular formula is C21H30N2O5S. The summed E-state index contributed by atoms with van der Waals surface area (Å²) in [6.07, 6.45) is 4.86. The second-order valence-corrected chi connectivity index (χ2v) is 10.1. The van der Waals surface area contributed by atoms with Crippen LogP contribution in [0.2, 0.25) is 0 Å². The predicted octanol–water partition coefficient (Wildman–Crippen LogP) is 2.39. The molecule has 0 aromatic heterocycles. The third-order valence-electron chi connectivity index (χ3n) is 6.13. The number of benzene rings is 1. The van der Waals surface area contributed by atoms with Crippen molar-refractivity contribution in [2.45, 2.75) is 62.3 Å². The molecule has 1 amide bonds. The van der Waals surface area contributed by atoms with Crippen LogP contribution in [-0.2, 0) is 24.3 Å². The number of amides is 1. The van der Waals surface area contributed by atoms with Crippen LogP contribution in [0.5, 0.6) is 0 Å². The minimum atomic E-state index is -3.56. The molecule has 1 aliphatic carbocycles. The number of nitrogens with one attached hydrogen (secondary N) is 1. The molecular weight excluding hydrogens is 392 g/mol. The Morgan fingerprint density at radius 3 is 2.21 bits per heavy atom. The number of aryl methyl sites for hydroxylation is 1. The second kappa shape index (κ2) is 8.83. The topological polar surface area (TPSA) is 92.8 Å². The van der Waals surface area contributed by atoms with E-state index in [4.69, 9.17) is 4.74 Å².